The van der Waals surface area contributed by atoms with Gasteiger partial charge in [0.25, 0.3) is 0 Å². The van der Waals surface area contributed by atoms with E-state index < -0.39 is 16.4 Å². The Balaban J connectivity index is 0. The molecule has 5 nitrogen and oxygen atoms in total. The molecular weight excluding hydrogens is 351 g/mol. The third-order valence-electron chi connectivity index (χ3n) is 3.84. The van der Waals surface area contributed by atoms with Gasteiger partial charge in [0.2, 0.25) is 0 Å². The van der Waals surface area contributed by atoms with E-state index in [0.717, 1.165) is 32.1 Å². The molecular formula is C18H35NaO5S. The standard InChI is InChI=1S/C18H34O5S.Na.H/c1-2-3-4-5-6-7-8-9-10-11-12-13-14-15-16-17-18(19)23-24(20,21)22;;/h9-10H,2-8,11-17H2,1H3,(H,20,21,22);;/b10-9-;;. The van der Waals surface area contributed by atoms with E-state index in [1.165, 1.54) is 44.9 Å². The van der Waals surface area contributed by atoms with Crippen molar-refractivity contribution in [1.29, 1.82) is 0 Å². The second-order valence-electron chi connectivity index (χ2n) is 6.22. The van der Waals surface area contributed by atoms with Crippen LogP contribution in [-0.2, 0) is 19.4 Å². The van der Waals surface area contributed by atoms with E-state index in [1.807, 2.05) is 0 Å². The van der Waals surface area contributed by atoms with Crippen molar-refractivity contribution in [2.75, 3.05) is 0 Å². The van der Waals surface area contributed by atoms with Gasteiger partial charge in [-0.15, -0.1) is 0 Å². The maximum atomic E-state index is 11.0. The van der Waals surface area contributed by atoms with Gasteiger partial charge in [0, 0.05) is 6.42 Å². The van der Waals surface area contributed by atoms with E-state index in [-0.39, 0.29) is 36.0 Å². The van der Waals surface area contributed by atoms with Crippen molar-refractivity contribution in [3.63, 3.8) is 0 Å². The van der Waals surface area contributed by atoms with Crippen LogP contribution < -0.4 is 0 Å². The summed E-state index contributed by atoms with van der Waals surface area (Å²) in [5, 5.41) is 0. The number of hydrogen-bond donors (Lipinski definition) is 1. The van der Waals surface area contributed by atoms with E-state index >= 15 is 0 Å². The van der Waals surface area contributed by atoms with Crippen molar-refractivity contribution in [2.24, 2.45) is 0 Å². The Kier molecular flexibility index (Phi) is 20.7. The molecule has 0 aromatic carbocycles. The summed E-state index contributed by atoms with van der Waals surface area (Å²) < 4.78 is 32.8. The van der Waals surface area contributed by atoms with Gasteiger partial charge < -0.3 is 4.18 Å². The van der Waals surface area contributed by atoms with Gasteiger partial charge in [-0.25, -0.2) is 0 Å². The number of carbonyl (C=O) groups excluding carboxylic acids is 1. The fourth-order valence-corrected chi connectivity index (χ4v) is 2.82. The van der Waals surface area contributed by atoms with Crippen LogP contribution in [0.1, 0.15) is 96.8 Å². The predicted octanol–water partition coefficient (Wildman–Crippen LogP) is 4.72. The number of hydrogen-bond acceptors (Lipinski definition) is 4. The van der Waals surface area contributed by atoms with Gasteiger partial charge in [-0.3, -0.25) is 9.35 Å². The van der Waals surface area contributed by atoms with Crippen LogP contribution in [0, 0.1) is 0 Å². The molecule has 0 rings (SSSR count). The van der Waals surface area contributed by atoms with Crippen LogP contribution in [0.2, 0.25) is 0 Å². The zero-order valence-corrected chi connectivity index (χ0v) is 15.9. The first-order valence-electron chi connectivity index (χ1n) is 9.30. The zero-order chi connectivity index (χ0) is 18.1. The summed E-state index contributed by atoms with van der Waals surface area (Å²) in [6, 6.07) is 0. The molecule has 1 N–H and O–H groups in total. The number of rotatable bonds is 16. The Morgan fingerprint density at radius 2 is 1.28 bits per heavy atom. The summed E-state index contributed by atoms with van der Waals surface area (Å²) in [5.74, 6) is -0.893. The minimum atomic E-state index is -4.65. The molecule has 0 radical (unpaired) electrons. The van der Waals surface area contributed by atoms with E-state index in [1.54, 1.807) is 0 Å². The van der Waals surface area contributed by atoms with Crippen LogP contribution in [0.4, 0.5) is 0 Å². The number of allylic oxidation sites excluding steroid dienone is 2. The summed E-state index contributed by atoms with van der Waals surface area (Å²) in [6.07, 6.45) is 19.6. The first-order valence-corrected chi connectivity index (χ1v) is 10.7. The Labute approximate surface area is 176 Å². The van der Waals surface area contributed by atoms with Crippen molar-refractivity contribution in [3.8, 4) is 0 Å². The van der Waals surface area contributed by atoms with Crippen LogP contribution >= 0.6 is 0 Å². The fraction of sp³-hybridized carbons (Fsp3) is 0.833. The summed E-state index contributed by atoms with van der Waals surface area (Å²) in [4.78, 5) is 11.0. The van der Waals surface area contributed by atoms with Crippen molar-refractivity contribution in [1.82, 2.24) is 0 Å². The molecule has 144 valence electrons. The van der Waals surface area contributed by atoms with E-state index in [0.29, 0.717) is 6.42 Å². The van der Waals surface area contributed by atoms with Gasteiger partial charge in [-0.2, -0.15) is 8.42 Å². The molecule has 0 heterocycles. The van der Waals surface area contributed by atoms with Gasteiger partial charge in [0.1, 0.15) is 0 Å². The van der Waals surface area contributed by atoms with E-state index in [2.05, 4.69) is 23.3 Å². The number of unbranched alkanes of at least 4 members (excludes halogenated alkanes) is 11. The molecule has 0 bridgehead atoms. The SMILES string of the molecule is CCCCCCCC/C=C\CCCCCCCC(=O)OS(=O)(=O)O.[NaH]. The third-order valence-corrected chi connectivity index (χ3v) is 4.24. The minimum absolute atomic E-state index is 0. The van der Waals surface area contributed by atoms with Crippen LogP contribution in [0.15, 0.2) is 12.2 Å². The van der Waals surface area contributed by atoms with Crippen molar-refractivity contribution >= 4 is 45.9 Å². The average Bonchev–Trinajstić information content (AvgIpc) is 2.49. The topological polar surface area (TPSA) is 80.7 Å². The van der Waals surface area contributed by atoms with Crippen LogP contribution in [-0.4, -0.2) is 48.5 Å². The monoisotopic (exact) mass is 386 g/mol. The molecule has 0 aliphatic rings. The van der Waals surface area contributed by atoms with E-state index in [9.17, 15) is 13.2 Å². The molecule has 0 saturated carbocycles. The normalized spacial score (nSPS) is 11.4. The summed E-state index contributed by atoms with van der Waals surface area (Å²) >= 11 is 0. The Morgan fingerprint density at radius 3 is 1.76 bits per heavy atom. The van der Waals surface area contributed by atoms with Crippen LogP contribution in [0.25, 0.3) is 0 Å². The molecule has 7 heteroatoms. The Morgan fingerprint density at radius 1 is 0.840 bits per heavy atom. The van der Waals surface area contributed by atoms with Gasteiger partial charge in [-0.05, 0) is 32.1 Å². The molecule has 0 aromatic heterocycles. The van der Waals surface area contributed by atoms with Crippen molar-refractivity contribution in [3.05, 3.63) is 12.2 Å². The third kappa shape index (κ3) is 24.1. The molecule has 0 aromatic rings. The summed E-state index contributed by atoms with van der Waals surface area (Å²) in [5.41, 5.74) is 0. The molecule has 0 spiro atoms. The fourth-order valence-electron chi connectivity index (χ4n) is 2.50. The first-order chi connectivity index (χ1) is 11.5. The molecule has 0 fully saturated rings. The Bertz CT molecular complexity index is 435. The quantitative estimate of drug-likeness (QED) is 0.180. The average molecular weight is 387 g/mol. The molecule has 0 amide bonds. The predicted molar refractivity (Wildman–Crippen MR) is 104 cm³/mol. The Hall–Kier alpha value is 0.120. The zero-order valence-electron chi connectivity index (χ0n) is 15.0. The first kappa shape index (κ1) is 27.3. The summed E-state index contributed by atoms with van der Waals surface area (Å²) in [6.45, 7) is 2.24. The van der Waals surface area contributed by atoms with Gasteiger partial charge in [0.15, 0.2) is 0 Å². The van der Waals surface area contributed by atoms with Crippen LogP contribution in [0.5, 0.6) is 0 Å². The van der Waals surface area contributed by atoms with Crippen LogP contribution in [0.3, 0.4) is 0 Å². The second kappa shape index (κ2) is 18.9. The maximum absolute atomic E-state index is 11.0. The van der Waals surface area contributed by atoms with Crippen molar-refractivity contribution < 1.29 is 21.9 Å². The van der Waals surface area contributed by atoms with Gasteiger partial charge >= 0.3 is 45.9 Å². The summed E-state index contributed by atoms with van der Waals surface area (Å²) in [7, 11) is -4.65. The second-order valence-corrected chi connectivity index (χ2v) is 7.24. The molecule has 25 heavy (non-hydrogen) atoms. The van der Waals surface area contributed by atoms with Crippen molar-refractivity contribution in [2.45, 2.75) is 96.8 Å². The molecule has 0 aliphatic carbocycles. The molecule has 0 saturated heterocycles. The van der Waals surface area contributed by atoms with Gasteiger partial charge in [-0.1, -0.05) is 70.4 Å². The molecule has 0 aliphatic heterocycles. The van der Waals surface area contributed by atoms with Gasteiger partial charge in [0.05, 0.1) is 0 Å². The number of carbonyl (C=O) groups is 1. The molecule has 0 unspecified atom stereocenters. The van der Waals surface area contributed by atoms with E-state index in [4.69, 9.17) is 4.55 Å². The molecule has 0 atom stereocenters.